The first-order valence-corrected chi connectivity index (χ1v) is 7.58. The lowest BCUT2D eigenvalue weighted by Crippen LogP contribution is -1.99. The number of fused-ring (bicyclic) bond motifs is 1. The van der Waals surface area contributed by atoms with Gasteiger partial charge in [-0.3, -0.25) is 0 Å². The van der Waals surface area contributed by atoms with E-state index in [4.69, 9.17) is 0 Å². The Balaban J connectivity index is 1.79. The molecule has 96 valence electrons. The van der Waals surface area contributed by atoms with Crippen LogP contribution in [0.1, 0.15) is 5.56 Å². The molecular formula is C15H12BrNOS. The normalized spacial score (nSPS) is 10.8. The van der Waals surface area contributed by atoms with Crippen LogP contribution in [-0.4, -0.2) is 5.11 Å². The summed E-state index contributed by atoms with van der Waals surface area (Å²) in [5.41, 5.74) is 1.94. The predicted molar refractivity (Wildman–Crippen MR) is 85.0 cm³/mol. The summed E-state index contributed by atoms with van der Waals surface area (Å²) in [6.45, 7) is 0.598. The van der Waals surface area contributed by atoms with Gasteiger partial charge in [0.15, 0.2) is 0 Å². The summed E-state index contributed by atoms with van der Waals surface area (Å²) < 4.78 is 2.26. The van der Waals surface area contributed by atoms with Crippen LogP contribution >= 0.6 is 27.3 Å². The number of anilines is 1. The highest BCUT2D eigenvalue weighted by Crippen LogP contribution is 2.26. The van der Waals surface area contributed by atoms with Crippen molar-refractivity contribution in [3.63, 3.8) is 0 Å². The molecule has 0 saturated carbocycles. The average molecular weight is 334 g/mol. The van der Waals surface area contributed by atoms with E-state index in [-0.39, 0.29) is 0 Å². The molecule has 0 aliphatic carbocycles. The number of hydrogen-bond acceptors (Lipinski definition) is 3. The Morgan fingerprint density at radius 2 is 2.00 bits per heavy atom. The molecule has 2 nitrogen and oxygen atoms in total. The Hall–Kier alpha value is -1.52. The number of nitrogens with one attached hydrogen (secondary N) is 1. The van der Waals surface area contributed by atoms with Gasteiger partial charge in [-0.25, -0.2) is 0 Å². The summed E-state index contributed by atoms with van der Waals surface area (Å²) >= 11 is 5.15. The van der Waals surface area contributed by atoms with E-state index in [0.717, 1.165) is 15.7 Å². The van der Waals surface area contributed by atoms with Crippen molar-refractivity contribution in [1.29, 1.82) is 0 Å². The molecule has 0 aliphatic rings. The van der Waals surface area contributed by atoms with Crippen molar-refractivity contribution in [2.24, 2.45) is 0 Å². The largest absolute Gasteiger partial charge is 0.508 e. The maximum absolute atomic E-state index is 9.79. The molecule has 4 heteroatoms. The van der Waals surface area contributed by atoms with E-state index in [9.17, 15) is 5.11 Å². The van der Waals surface area contributed by atoms with Crippen molar-refractivity contribution in [1.82, 2.24) is 0 Å². The van der Waals surface area contributed by atoms with Crippen molar-refractivity contribution in [3.05, 3.63) is 57.9 Å². The molecule has 1 aromatic heterocycles. The van der Waals surface area contributed by atoms with Gasteiger partial charge < -0.3 is 10.4 Å². The van der Waals surface area contributed by atoms with Gasteiger partial charge in [0.2, 0.25) is 0 Å². The Morgan fingerprint density at radius 1 is 1.11 bits per heavy atom. The van der Waals surface area contributed by atoms with Crippen molar-refractivity contribution >= 4 is 43.0 Å². The maximum atomic E-state index is 9.79. The van der Waals surface area contributed by atoms with Crippen LogP contribution in [0.4, 0.5) is 5.69 Å². The van der Waals surface area contributed by atoms with E-state index in [1.54, 1.807) is 17.4 Å². The quantitative estimate of drug-likeness (QED) is 0.708. The van der Waals surface area contributed by atoms with Crippen LogP contribution in [0.5, 0.6) is 5.75 Å². The number of thiophene rings is 1. The number of benzene rings is 2. The molecule has 0 bridgehead atoms. The van der Waals surface area contributed by atoms with Crippen LogP contribution in [0.3, 0.4) is 0 Å². The second-order valence-corrected chi connectivity index (χ2v) is 6.16. The standard InChI is InChI=1S/C15H12BrNOS/c16-12-1-3-14(18)11(7-12)9-17-13-2-4-15-10(8-13)5-6-19-15/h1-8,17-18H,9H2. The monoisotopic (exact) mass is 333 g/mol. The fraction of sp³-hybridized carbons (Fsp3) is 0.0667. The summed E-state index contributed by atoms with van der Waals surface area (Å²) in [5.74, 6) is 0.312. The minimum absolute atomic E-state index is 0.312. The fourth-order valence-electron chi connectivity index (χ4n) is 1.97. The number of hydrogen-bond donors (Lipinski definition) is 2. The van der Waals surface area contributed by atoms with Crippen molar-refractivity contribution < 1.29 is 5.11 Å². The van der Waals surface area contributed by atoms with Crippen LogP contribution in [-0.2, 0) is 6.54 Å². The Labute approximate surface area is 123 Å². The Morgan fingerprint density at radius 3 is 2.89 bits per heavy atom. The van der Waals surface area contributed by atoms with E-state index in [2.05, 4.69) is 50.9 Å². The van der Waals surface area contributed by atoms with Gasteiger partial charge in [-0.15, -0.1) is 11.3 Å². The number of phenolic OH excluding ortho intramolecular Hbond substituents is 1. The summed E-state index contributed by atoms with van der Waals surface area (Å²) in [7, 11) is 0. The minimum atomic E-state index is 0.312. The first-order valence-electron chi connectivity index (χ1n) is 5.91. The predicted octanol–water partition coefficient (Wildman–Crippen LogP) is 4.98. The minimum Gasteiger partial charge on any atom is -0.508 e. The van der Waals surface area contributed by atoms with Gasteiger partial charge in [-0.1, -0.05) is 15.9 Å². The van der Waals surface area contributed by atoms with Gasteiger partial charge in [0.1, 0.15) is 5.75 Å². The average Bonchev–Trinajstić information content (AvgIpc) is 2.87. The molecule has 2 N–H and O–H groups in total. The number of rotatable bonds is 3. The van der Waals surface area contributed by atoms with E-state index in [0.29, 0.717) is 12.3 Å². The zero-order chi connectivity index (χ0) is 13.2. The smallest absolute Gasteiger partial charge is 0.120 e. The number of phenols is 1. The molecule has 0 atom stereocenters. The Bertz CT molecular complexity index is 723. The molecule has 1 heterocycles. The number of halogens is 1. The lowest BCUT2D eigenvalue weighted by molar-refractivity contribution is 0.469. The first-order chi connectivity index (χ1) is 9.22. The second-order valence-electron chi connectivity index (χ2n) is 4.30. The maximum Gasteiger partial charge on any atom is 0.120 e. The third-order valence-corrected chi connectivity index (χ3v) is 4.37. The van der Waals surface area contributed by atoms with Gasteiger partial charge in [0, 0.05) is 27.0 Å². The van der Waals surface area contributed by atoms with Gasteiger partial charge in [-0.2, -0.15) is 0 Å². The SMILES string of the molecule is Oc1ccc(Br)cc1CNc1ccc2sccc2c1. The molecular weight excluding hydrogens is 322 g/mol. The molecule has 2 aromatic carbocycles. The summed E-state index contributed by atoms with van der Waals surface area (Å²) in [6, 6.07) is 13.9. The molecule has 0 unspecified atom stereocenters. The molecule has 3 aromatic rings. The van der Waals surface area contributed by atoms with Crippen LogP contribution in [0.2, 0.25) is 0 Å². The van der Waals surface area contributed by atoms with Crippen LogP contribution in [0, 0.1) is 0 Å². The van der Waals surface area contributed by atoms with Gasteiger partial charge in [0.05, 0.1) is 0 Å². The molecule has 0 saturated heterocycles. The summed E-state index contributed by atoms with van der Waals surface area (Å²) in [5, 5.41) is 16.5. The molecule has 0 radical (unpaired) electrons. The van der Waals surface area contributed by atoms with Crippen LogP contribution in [0.25, 0.3) is 10.1 Å². The van der Waals surface area contributed by atoms with Gasteiger partial charge in [0.25, 0.3) is 0 Å². The lowest BCUT2D eigenvalue weighted by Gasteiger charge is -2.09. The van der Waals surface area contributed by atoms with E-state index >= 15 is 0 Å². The topological polar surface area (TPSA) is 32.3 Å². The summed E-state index contributed by atoms with van der Waals surface area (Å²) in [4.78, 5) is 0. The molecule has 0 aliphatic heterocycles. The van der Waals surface area contributed by atoms with Crippen LogP contribution in [0.15, 0.2) is 52.3 Å². The molecule has 3 rings (SSSR count). The van der Waals surface area contributed by atoms with Crippen LogP contribution < -0.4 is 5.32 Å². The third-order valence-electron chi connectivity index (χ3n) is 2.98. The fourth-order valence-corrected chi connectivity index (χ4v) is 3.15. The van der Waals surface area contributed by atoms with Gasteiger partial charge in [-0.05, 0) is 53.2 Å². The zero-order valence-electron chi connectivity index (χ0n) is 10.1. The highest BCUT2D eigenvalue weighted by molar-refractivity contribution is 9.10. The molecule has 0 spiro atoms. The molecule has 0 fully saturated rings. The van der Waals surface area contributed by atoms with E-state index in [1.807, 2.05) is 12.1 Å². The highest BCUT2D eigenvalue weighted by Gasteiger charge is 2.02. The Kier molecular flexibility index (Phi) is 3.44. The first kappa shape index (κ1) is 12.5. The summed E-state index contributed by atoms with van der Waals surface area (Å²) in [6.07, 6.45) is 0. The van der Waals surface area contributed by atoms with Crippen molar-refractivity contribution in [2.45, 2.75) is 6.54 Å². The van der Waals surface area contributed by atoms with E-state index < -0.39 is 0 Å². The molecule has 0 amide bonds. The second kappa shape index (κ2) is 5.23. The van der Waals surface area contributed by atoms with Crippen molar-refractivity contribution in [3.8, 4) is 5.75 Å². The third kappa shape index (κ3) is 2.74. The number of aromatic hydroxyl groups is 1. The van der Waals surface area contributed by atoms with Gasteiger partial charge >= 0.3 is 0 Å². The zero-order valence-corrected chi connectivity index (χ0v) is 12.5. The lowest BCUT2D eigenvalue weighted by atomic mass is 10.2. The van der Waals surface area contributed by atoms with Crippen molar-refractivity contribution in [2.75, 3.05) is 5.32 Å². The van der Waals surface area contributed by atoms with E-state index in [1.165, 1.54) is 10.1 Å². The molecule has 19 heavy (non-hydrogen) atoms. The highest BCUT2D eigenvalue weighted by atomic mass is 79.9.